The Morgan fingerprint density at radius 3 is 2.78 bits per heavy atom. The lowest BCUT2D eigenvalue weighted by Gasteiger charge is -2.15. The Morgan fingerprint density at radius 1 is 1.39 bits per heavy atom. The van der Waals surface area contributed by atoms with Gasteiger partial charge in [-0.25, -0.2) is 0 Å². The third kappa shape index (κ3) is 2.98. The van der Waals surface area contributed by atoms with Crippen molar-refractivity contribution in [3.63, 3.8) is 0 Å². The molecule has 6 heteroatoms. The highest BCUT2D eigenvalue weighted by atomic mass is 35.5. The largest absolute Gasteiger partial charge is 0.343 e. The summed E-state index contributed by atoms with van der Waals surface area (Å²) < 4.78 is 0. The van der Waals surface area contributed by atoms with Gasteiger partial charge in [0.05, 0.1) is 17.1 Å². The van der Waals surface area contributed by atoms with Crippen molar-refractivity contribution in [2.75, 3.05) is 19.6 Å². The molecule has 96 valence electrons. The van der Waals surface area contributed by atoms with Crippen LogP contribution >= 0.6 is 11.6 Å². The molecule has 1 fully saturated rings. The second-order valence-electron chi connectivity index (χ2n) is 4.13. The van der Waals surface area contributed by atoms with Crippen molar-refractivity contribution in [1.82, 2.24) is 15.2 Å². The first kappa shape index (κ1) is 12.8. The molecule has 1 aliphatic rings. The van der Waals surface area contributed by atoms with Crippen LogP contribution in [0, 0.1) is 0 Å². The number of amides is 2. The Bertz CT molecular complexity index is 458. The van der Waals surface area contributed by atoms with Crippen molar-refractivity contribution in [2.45, 2.75) is 12.8 Å². The Balaban J connectivity index is 1.88. The van der Waals surface area contributed by atoms with Crippen LogP contribution in [0.2, 0.25) is 5.02 Å². The fourth-order valence-electron chi connectivity index (χ4n) is 1.89. The molecule has 2 rings (SSSR count). The third-order valence-corrected chi connectivity index (χ3v) is 3.18. The lowest BCUT2D eigenvalue weighted by atomic mass is 10.2. The van der Waals surface area contributed by atoms with Gasteiger partial charge in [-0.3, -0.25) is 14.6 Å². The first-order valence-corrected chi connectivity index (χ1v) is 6.22. The highest BCUT2D eigenvalue weighted by Crippen LogP contribution is 2.13. The number of aromatic nitrogens is 1. The van der Waals surface area contributed by atoms with Crippen molar-refractivity contribution in [3.05, 3.63) is 29.0 Å². The van der Waals surface area contributed by atoms with Crippen molar-refractivity contribution < 1.29 is 9.59 Å². The smallest absolute Gasteiger partial charge is 0.253 e. The number of hydrogen-bond donors (Lipinski definition) is 1. The first-order valence-electron chi connectivity index (χ1n) is 5.84. The van der Waals surface area contributed by atoms with Gasteiger partial charge in [0.25, 0.3) is 5.91 Å². The monoisotopic (exact) mass is 267 g/mol. The minimum Gasteiger partial charge on any atom is -0.343 e. The van der Waals surface area contributed by atoms with Crippen molar-refractivity contribution >= 4 is 23.4 Å². The number of halogens is 1. The van der Waals surface area contributed by atoms with Crippen molar-refractivity contribution in [3.8, 4) is 0 Å². The van der Waals surface area contributed by atoms with Crippen molar-refractivity contribution in [2.24, 2.45) is 0 Å². The maximum atomic E-state index is 11.8. The molecule has 0 atom stereocenters. The Kier molecular flexibility index (Phi) is 4.15. The van der Waals surface area contributed by atoms with Gasteiger partial charge < -0.3 is 10.2 Å². The van der Waals surface area contributed by atoms with Crippen LogP contribution in [-0.4, -0.2) is 41.3 Å². The molecule has 2 heterocycles. The fraction of sp³-hybridized carbons (Fsp3) is 0.417. The molecule has 1 aromatic heterocycles. The molecule has 1 saturated heterocycles. The number of carbonyl (C=O) groups is 2. The number of pyridine rings is 1. The first-order chi connectivity index (χ1) is 8.68. The molecule has 1 aliphatic heterocycles. The van der Waals surface area contributed by atoms with E-state index in [0.29, 0.717) is 5.56 Å². The number of rotatable bonds is 3. The van der Waals surface area contributed by atoms with Gasteiger partial charge in [0, 0.05) is 25.5 Å². The molecule has 0 bridgehead atoms. The van der Waals surface area contributed by atoms with Crippen LogP contribution in [0.25, 0.3) is 0 Å². The maximum Gasteiger partial charge on any atom is 0.253 e. The Labute approximate surface area is 110 Å². The third-order valence-electron chi connectivity index (χ3n) is 2.88. The van der Waals surface area contributed by atoms with Gasteiger partial charge in [-0.15, -0.1) is 0 Å². The van der Waals surface area contributed by atoms with E-state index in [1.807, 2.05) is 0 Å². The molecular formula is C12H14ClN3O2. The van der Waals surface area contributed by atoms with Crippen LogP contribution in [0.15, 0.2) is 18.5 Å². The van der Waals surface area contributed by atoms with Crippen LogP contribution < -0.4 is 5.32 Å². The van der Waals surface area contributed by atoms with Crippen LogP contribution in [0.3, 0.4) is 0 Å². The van der Waals surface area contributed by atoms with Gasteiger partial charge >= 0.3 is 0 Å². The average Bonchev–Trinajstić information content (AvgIpc) is 2.90. The standard InChI is InChI=1S/C12H14ClN3O2/c13-10-7-14-4-3-9(10)12(18)15-8-11(17)16-5-1-2-6-16/h3-4,7H,1-2,5-6,8H2,(H,15,18). The summed E-state index contributed by atoms with van der Waals surface area (Å²) in [6.45, 7) is 1.58. The highest BCUT2D eigenvalue weighted by Gasteiger charge is 2.18. The molecule has 0 saturated carbocycles. The van der Waals surface area contributed by atoms with Gasteiger partial charge in [0.2, 0.25) is 5.91 Å². The van der Waals surface area contributed by atoms with E-state index in [1.165, 1.54) is 18.5 Å². The quantitative estimate of drug-likeness (QED) is 0.892. The van der Waals surface area contributed by atoms with Gasteiger partial charge in [-0.05, 0) is 18.9 Å². The number of carbonyl (C=O) groups excluding carboxylic acids is 2. The number of hydrogen-bond acceptors (Lipinski definition) is 3. The predicted molar refractivity (Wildman–Crippen MR) is 67.4 cm³/mol. The van der Waals surface area contributed by atoms with Crippen LogP contribution in [0.4, 0.5) is 0 Å². The zero-order valence-electron chi connectivity index (χ0n) is 9.86. The van der Waals surface area contributed by atoms with Gasteiger partial charge in [0.1, 0.15) is 0 Å². The molecule has 2 amide bonds. The average molecular weight is 268 g/mol. The maximum absolute atomic E-state index is 11.8. The van der Waals surface area contributed by atoms with E-state index in [0.717, 1.165) is 25.9 Å². The van der Waals surface area contributed by atoms with Gasteiger partial charge in [-0.1, -0.05) is 11.6 Å². The van der Waals surface area contributed by atoms with Crippen LogP contribution in [0.5, 0.6) is 0 Å². The molecular weight excluding hydrogens is 254 g/mol. The summed E-state index contributed by atoms with van der Waals surface area (Å²) in [6.07, 6.45) is 4.97. The summed E-state index contributed by atoms with van der Waals surface area (Å²) in [5.41, 5.74) is 0.334. The zero-order valence-corrected chi connectivity index (χ0v) is 10.6. The molecule has 0 radical (unpaired) electrons. The molecule has 5 nitrogen and oxygen atoms in total. The Hall–Kier alpha value is -1.62. The van der Waals surface area contributed by atoms with E-state index in [9.17, 15) is 9.59 Å². The lowest BCUT2D eigenvalue weighted by molar-refractivity contribution is -0.129. The summed E-state index contributed by atoms with van der Waals surface area (Å²) >= 11 is 5.84. The molecule has 0 aromatic carbocycles. The zero-order chi connectivity index (χ0) is 13.0. The summed E-state index contributed by atoms with van der Waals surface area (Å²) in [7, 11) is 0. The van der Waals surface area contributed by atoms with Gasteiger partial charge in [0.15, 0.2) is 0 Å². The van der Waals surface area contributed by atoms with Crippen LogP contribution in [-0.2, 0) is 4.79 Å². The summed E-state index contributed by atoms with van der Waals surface area (Å²) in [5, 5.41) is 2.86. The minimum atomic E-state index is -0.352. The fourth-order valence-corrected chi connectivity index (χ4v) is 2.09. The minimum absolute atomic E-state index is 0.0114. The van der Waals surface area contributed by atoms with E-state index in [2.05, 4.69) is 10.3 Å². The molecule has 0 unspecified atom stereocenters. The van der Waals surface area contributed by atoms with E-state index in [1.54, 1.807) is 4.90 Å². The van der Waals surface area contributed by atoms with E-state index in [-0.39, 0.29) is 23.4 Å². The van der Waals surface area contributed by atoms with Gasteiger partial charge in [-0.2, -0.15) is 0 Å². The second-order valence-corrected chi connectivity index (χ2v) is 4.53. The van der Waals surface area contributed by atoms with Crippen LogP contribution in [0.1, 0.15) is 23.2 Å². The number of likely N-dealkylation sites (tertiary alicyclic amines) is 1. The number of nitrogens with zero attached hydrogens (tertiary/aromatic N) is 2. The summed E-state index contributed by atoms with van der Waals surface area (Å²) in [4.78, 5) is 29.1. The summed E-state index contributed by atoms with van der Waals surface area (Å²) in [5.74, 6) is -0.402. The van der Waals surface area contributed by atoms with E-state index in [4.69, 9.17) is 11.6 Å². The molecule has 1 aromatic rings. The molecule has 18 heavy (non-hydrogen) atoms. The normalized spacial score (nSPS) is 14.6. The molecule has 0 aliphatic carbocycles. The highest BCUT2D eigenvalue weighted by molar-refractivity contribution is 6.33. The van der Waals surface area contributed by atoms with E-state index >= 15 is 0 Å². The van der Waals surface area contributed by atoms with E-state index < -0.39 is 0 Å². The Morgan fingerprint density at radius 2 is 2.11 bits per heavy atom. The predicted octanol–water partition coefficient (Wildman–Crippen LogP) is 1.09. The topological polar surface area (TPSA) is 62.3 Å². The second kappa shape index (κ2) is 5.82. The van der Waals surface area contributed by atoms with Crippen molar-refractivity contribution in [1.29, 1.82) is 0 Å². The molecule has 0 spiro atoms. The summed E-state index contributed by atoms with van der Waals surface area (Å²) in [6, 6.07) is 1.53. The SMILES string of the molecule is O=C(NCC(=O)N1CCCC1)c1ccncc1Cl. The molecule has 1 N–H and O–H groups in total. The lowest BCUT2D eigenvalue weighted by Crippen LogP contribution is -2.38. The number of nitrogens with one attached hydrogen (secondary N) is 1.